The summed E-state index contributed by atoms with van der Waals surface area (Å²) in [5, 5.41) is 15.0. The van der Waals surface area contributed by atoms with Crippen LogP contribution in [-0.2, 0) is 30.8 Å². The summed E-state index contributed by atoms with van der Waals surface area (Å²) in [7, 11) is -4.01. The second-order valence-electron chi connectivity index (χ2n) is 17.6. The Hall–Kier alpha value is -4.40. The molecule has 15 heteroatoms. The van der Waals surface area contributed by atoms with Crippen molar-refractivity contribution in [3.05, 3.63) is 42.1 Å². The highest BCUT2D eigenvalue weighted by Crippen LogP contribution is 2.48. The van der Waals surface area contributed by atoms with Gasteiger partial charge in [0.1, 0.15) is 29.5 Å². The summed E-state index contributed by atoms with van der Waals surface area (Å²) in [5.74, 6) is -1.69. The Labute approximate surface area is 322 Å². The highest BCUT2D eigenvalue weighted by Gasteiger charge is 2.63. The third kappa shape index (κ3) is 7.24. The number of hydrogen-bond donors (Lipinski definition) is 3. The molecule has 3 N–H and O–H groups in total. The fraction of sp³-hybridized carbons (Fsp3) is 0.625. The second-order valence-corrected chi connectivity index (χ2v) is 19.8. The van der Waals surface area contributed by atoms with E-state index in [4.69, 9.17) is 9.47 Å². The van der Waals surface area contributed by atoms with Gasteiger partial charge in [-0.2, -0.15) is 0 Å². The zero-order valence-electron chi connectivity index (χ0n) is 32.5. The van der Waals surface area contributed by atoms with Crippen molar-refractivity contribution in [3.63, 3.8) is 0 Å². The number of fused-ring (bicyclic) bond motifs is 5. The van der Waals surface area contributed by atoms with E-state index in [2.05, 4.69) is 21.9 Å². The van der Waals surface area contributed by atoms with Crippen LogP contribution < -0.4 is 19.5 Å². The number of ether oxygens (including phenoxy) is 2. The molecule has 3 aliphatic heterocycles. The summed E-state index contributed by atoms with van der Waals surface area (Å²) in [6.45, 7) is 11.3. The minimum Gasteiger partial charge on any atom is -0.492 e. The molecule has 3 fully saturated rings. The predicted molar refractivity (Wildman–Crippen MR) is 204 cm³/mol. The number of carbonyl (C=O) groups excluding carboxylic acids is 3. The van der Waals surface area contributed by atoms with Gasteiger partial charge in [0.15, 0.2) is 0 Å². The van der Waals surface area contributed by atoms with Crippen LogP contribution in [0.1, 0.15) is 92.1 Å². The third-order valence-corrected chi connectivity index (χ3v) is 14.4. The average Bonchev–Trinajstić information content (AvgIpc) is 3.88. The Morgan fingerprint density at radius 2 is 1.87 bits per heavy atom. The van der Waals surface area contributed by atoms with E-state index in [9.17, 15) is 27.9 Å². The molecule has 0 radical (unpaired) electrons. The first-order valence-corrected chi connectivity index (χ1v) is 20.9. The summed E-state index contributed by atoms with van der Waals surface area (Å²) >= 11 is 0. The standard InChI is InChI=1S/C40H53N5O9S/c1-23-9-7-8-10-26-21-40(26,36(48)43-55(51,52)39(6)15-16-39)42-33(46)30-20-27(54-34-29-12-11-25-14-18-53-32(25)28(29)13-17-41-34)22-44(30)35(47)31(24(2)19-23)45(37(49)50)38(3,4)5/h8,10-13,17,23-24,26-27,30-31H,7,9,14-16,18-22H2,1-6H3,(H,42,46)(H,43,48)(H,49,50)/t23-,24+,26+,27+,30-,31-,40+/m0/s1. The number of sulfonamides is 1. The maximum Gasteiger partial charge on any atom is 0.408 e. The number of nitrogens with one attached hydrogen (secondary N) is 2. The van der Waals surface area contributed by atoms with Gasteiger partial charge >= 0.3 is 6.09 Å². The zero-order valence-corrected chi connectivity index (χ0v) is 33.3. The van der Waals surface area contributed by atoms with Crippen molar-refractivity contribution in [2.45, 2.75) is 127 Å². The molecular formula is C40H53N5O9S. The summed E-state index contributed by atoms with van der Waals surface area (Å²) in [4.78, 5) is 63.7. The van der Waals surface area contributed by atoms with Crippen LogP contribution in [0, 0.1) is 17.8 Å². The molecular weight excluding hydrogens is 727 g/mol. The molecule has 2 aliphatic carbocycles. The molecule has 1 aromatic carbocycles. The van der Waals surface area contributed by atoms with E-state index in [-0.39, 0.29) is 25.3 Å². The van der Waals surface area contributed by atoms with E-state index in [1.54, 1.807) is 33.9 Å². The first-order chi connectivity index (χ1) is 25.8. The van der Waals surface area contributed by atoms with Crippen LogP contribution in [0.4, 0.5) is 4.79 Å². The smallest absolute Gasteiger partial charge is 0.408 e. The SMILES string of the molecule is C[C@H]1CCC=C[C@@H]2C[C@@]2(C(=O)NS(=O)(=O)C2(C)CC2)NC(=O)[C@@H]2C[C@@H](Oc3nccc4c5c(ccc34)CCO5)CN2C(=O)[C@@H](N(C(=O)O)C(C)(C)C)[C@H](C)C1. The number of aromatic nitrogens is 1. The second kappa shape index (κ2) is 14.0. The molecule has 1 aromatic heterocycles. The molecule has 0 spiro atoms. The van der Waals surface area contributed by atoms with Gasteiger partial charge in [-0.05, 0) is 95.8 Å². The third-order valence-electron chi connectivity index (χ3n) is 12.2. The van der Waals surface area contributed by atoms with Gasteiger partial charge in [-0.15, -0.1) is 0 Å². The number of benzene rings is 1. The predicted octanol–water partition coefficient (Wildman–Crippen LogP) is 4.55. The Bertz CT molecular complexity index is 2040. The molecule has 7 atom stereocenters. The number of nitrogens with zero attached hydrogens (tertiary/aromatic N) is 3. The normalized spacial score (nSPS) is 30.5. The summed E-state index contributed by atoms with van der Waals surface area (Å²) in [6, 6.07) is 3.45. The first kappa shape index (κ1) is 38.9. The van der Waals surface area contributed by atoms with Gasteiger partial charge in [-0.3, -0.25) is 24.0 Å². The van der Waals surface area contributed by atoms with Crippen LogP contribution >= 0.6 is 0 Å². The monoisotopic (exact) mass is 779 g/mol. The van der Waals surface area contributed by atoms with Gasteiger partial charge in [-0.25, -0.2) is 18.2 Å². The van der Waals surface area contributed by atoms with E-state index >= 15 is 4.79 Å². The fourth-order valence-electron chi connectivity index (χ4n) is 8.69. The molecule has 2 saturated carbocycles. The number of amides is 4. The number of carbonyl (C=O) groups is 4. The van der Waals surface area contributed by atoms with Crippen LogP contribution in [-0.4, -0.2) is 99.3 Å². The molecule has 0 unspecified atom stereocenters. The van der Waals surface area contributed by atoms with Crippen LogP contribution in [0.15, 0.2) is 36.5 Å². The number of pyridine rings is 1. The number of carboxylic acid groups (broad SMARTS) is 1. The lowest BCUT2D eigenvalue weighted by Gasteiger charge is -2.43. The molecule has 5 aliphatic rings. The molecule has 0 bridgehead atoms. The minimum absolute atomic E-state index is 0.0196. The van der Waals surface area contributed by atoms with E-state index in [1.807, 2.05) is 37.3 Å². The highest BCUT2D eigenvalue weighted by molar-refractivity contribution is 7.91. The summed E-state index contributed by atoms with van der Waals surface area (Å²) < 4.78 is 40.1. The lowest BCUT2D eigenvalue weighted by Crippen LogP contribution is -2.62. The van der Waals surface area contributed by atoms with Crippen molar-refractivity contribution in [2.24, 2.45) is 17.8 Å². The molecule has 1 saturated heterocycles. The van der Waals surface area contributed by atoms with Gasteiger partial charge in [0.25, 0.3) is 5.91 Å². The topological polar surface area (TPSA) is 185 Å². The highest BCUT2D eigenvalue weighted by atomic mass is 32.2. The Balaban J connectivity index is 1.26. The Kier molecular flexibility index (Phi) is 9.86. The molecule has 2 aromatic rings. The fourth-order valence-corrected chi connectivity index (χ4v) is 10.0. The quantitative estimate of drug-likeness (QED) is 0.352. The van der Waals surface area contributed by atoms with Crippen molar-refractivity contribution in [1.82, 2.24) is 24.8 Å². The average molecular weight is 780 g/mol. The molecule has 14 nitrogen and oxygen atoms in total. The van der Waals surface area contributed by atoms with Gasteiger partial charge < -0.3 is 24.8 Å². The van der Waals surface area contributed by atoms with E-state index in [1.165, 1.54) is 9.80 Å². The van der Waals surface area contributed by atoms with Crippen molar-refractivity contribution in [1.29, 1.82) is 0 Å². The van der Waals surface area contributed by atoms with Crippen LogP contribution in [0.2, 0.25) is 0 Å². The van der Waals surface area contributed by atoms with E-state index in [0.29, 0.717) is 43.6 Å². The maximum absolute atomic E-state index is 15.1. The summed E-state index contributed by atoms with van der Waals surface area (Å²) in [5.41, 5.74) is -1.43. The van der Waals surface area contributed by atoms with Gasteiger partial charge in [0, 0.05) is 41.3 Å². The molecule has 298 valence electrons. The van der Waals surface area contributed by atoms with Crippen LogP contribution in [0.5, 0.6) is 11.6 Å². The number of allylic oxidation sites excluding steroid dienone is 1. The van der Waals surface area contributed by atoms with Crippen molar-refractivity contribution < 1.29 is 42.2 Å². The summed E-state index contributed by atoms with van der Waals surface area (Å²) in [6.07, 6.45) is 7.26. The minimum atomic E-state index is -4.01. The maximum atomic E-state index is 15.1. The molecule has 7 rings (SSSR count). The van der Waals surface area contributed by atoms with Crippen molar-refractivity contribution in [2.75, 3.05) is 13.2 Å². The Morgan fingerprint density at radius 1 is 1.13 bits per heavy atom. The van der Waals surface area contributed by atoms with Gasteiger partial charge in [0.05, 0.1) is 17.9 Å². The van der Waals surface area contributed by atoms with E-state index < -0.39 is 79.7 Å². The van der Waals surface area contributed by atoms with Crippen molar-refractivity contribution >= 4 is 44.6 Å². The largest absolute Gasteiger partial charge is 0.492 e. The molecule has 4 heterocycles. The van der Waals surface area contributed by atoms with Gasteiger partial charge in [0.2, 0.25) is 27.7 Å². The van der Waals surface area contributed by atoms with Crippen LogP contribution in [0.25, 0.3) is 10.8 Å². The Morgan fingerprint density at radius 3 is 2.56 bits per heavy atom. The number of hydrogen-bond acceptors (Lipinski definition) is 9. The lowest BCUT2D eigenvalue weighted by molar-refractivity contribution is -0.146. The lowest BCUT2D eigenvalue weighted by atomic mass is 9.85. The number of rotatable bonds is 6. The molecule has 55 heavy (non-hydrogen) atoms. The van der Waals surface area contributed by atoms with Crippen molar-refractivity contribution in [3.8, 4) is 11.6 Å². The molecule has 4 amide bonds. The first-order valence-electron chi connectivity index (χ1n) is 19.4. The zero-order chi connectivity index (χ0) is 39.7. The van der Waals surface area contributed by atoms with E-state index in [0.717, 1.165) is 29.5 Å². The van der Waals surface area contributed by atoms with Crippen LogP contribution in [0.3, 0.4) is 0 Å². The van der Waals surface area contributed by atoms with Gasteiger partial charge in [-0.1, -0.05) is 32.1 Å².